The van der Waals surface area contributed by atoms with Gasteiger partial charge in [-0.15, -0.1) is 0 Å². The summed E-state index contributed by atoms with van der Waals surface area (Å²) < 4.78 is 0. The monoisotopic (exact) mass is 866 g/mol. The first-order chi connectivity index (χ1) is 29.6. The number of allylic oxidation sites excluding steroid dienone is 2. The van der Waals surface area contributed by atoms with Crippen molar-refractivity contribution in [1.29, 1.82) is 0 Å². The van der Waals surface area contributed by atoms with Crippen molar-refractivity contribution < 1.29 is 19.8 Å². The zero-order valence-electron chi connectivity index (χ0n) is 42.4. The molecule has 0 saturated heterocycles. The van der Waals surface area contributed by atoms with Gasteiger partial charge in [0.05, 0.1) is 5.92 Å². The molecule has 0 aliphatic carbocycles. The van der Waals surface area contributed by atoms with E-state index in [1.54, 1.807) is 0 Å². The van der Waals surface area contributed by atoms with E-state index in [1.807, 2.05) is 12.1 Å². The number of rotatable bonds is 40. The molecule has 0 radical (unpaired) electrons. The number of unbranched alkanes of at least 4 members (excludes halogenated alkanes) is 25. The zero-order valence-corrected chi connectivity index (χ0v) is 42.4. The quantitative estimate of drug-likeness (QED) is 0.0452. The highest BCUT2D eigenvalue weighted by atomic mass is 16.4. The second-order valence-corrected chi connectivity index (χ2v) is 21.6. The maximum atomic E-state index is 12.9. The number of nitrogens with two attached hydrogens (primary N) is 1. The number of carboxylic acid groups (broad SMARTS) is 1. The predicted octanol–water partition coefficient (Wildman–Crippen LogP) is 17.4. The van der Waals surface area contributed by atoms with Crippen molar-refractivity contribution in [2.45, 2.75) is 285 Å². The topological polar surface area (TPSA) is 101 Å². The van der Waals surface area contributed by atoms with Crippen molar-refractivity contribution in [2.75, 3.05) is 0 Å². The fraction of sp³-hybridized carbons (Fsp3) is 0.825. The van der Waals surface area contributed by atoms with Gasteiger partial charge < -0.3 is 15.9 Å². The molecular weight excluding hydrogens is 763 g/mol. The van der Waals surface area contributed by atoms with Gasteiger partial charge >= 0.3 is 5.97 Å². The minimum absolute atomic E-state index is 0.0116. The van der Waals surface area contributed by atoms with Gasteiger partial charge in [-0.25, -0.2) is 0 Å². The Morgan fingerprint density at radius 3 is 1.23 bits per heavy atom. The van der Waals surface area contributed by atoms with Crippen molar-refractivity contribution >= 4 is 11.9 Å². The molecule has 3 unspecified atom stereocenters. The Hall–Kier alpha value is -2.30. The van der Waals surface area contributed by atoms with Gasteiger partial charge in [0.1, 0.15) is 5.75 Å². The van der Waals surface area contributed by atoms with Gasteiger partial charge in [0, 0.05) is 5.92 Å². The highest BCUT2D eigenvalue weighted by molar-refractivity contribution is 5.77. The molecule has 0 aliphatic heterocycles. The molecule has 0 bridgehead atoms. The number of carboxylic acids is 1. The van der Waals surface area contributed by atoms with E-state index in [1.165, 1.54) is 148 Å². The number of carbonyl (C=O) groups excluding carboxylic acids is 1. The lowest BCUT2D eigenvalue weighted by Crippen LogP contribution is -2.30. The van der Waals surface area contributed by atoms with Crippen LogP contribution >= 0.6 is 0 Å². The molecule has 0 saturated carbocycles. The lowest BCUT2D eigenvalue weighted by atomic mass is 9.77. The second-order valence-electron chi connectivity index (χ2n) is 21.6. The highest BCUT2D eigenvalue weighted by Gasteiger charge is 2.28. The number of carbonyl (C=O) groups is 2. The van der Waals surface area contributed by atoms with Crippen LogP contribution in [-0.2, 0) is 26.8 Å². The van der Waals surface area contributed by atoms with Crippen molar-refractivity contribution in [3.05, 3.63) is 41.0 Å². The van der Waals surface area contributed by atoms with E-state index in [2.05, 4.69) is 67.5 Å². The number of amides is 1. The minimum Gasteiger partial charge on any atom is -0.507 e. The third-order valence-electron chi connectivity index (χ3n) is 13.6. The molecule has 62 heavy (non-hydrogen) atoms. The number of hydrogen-bond donors (Lipinski definition) is 3. The van der Waals surface area contributed by atoms with Crippen LogP contribution < -0.4 is 5.73 Å². The van der Waals surface area contributed by atoms with E-state index in [0.717, 1.165) is 74.5 Å². The normalized spacial score (nSPS) is 13.8. The smallest absolute Gasteiger partial charge is 0.306 e. The minimum atomic E-state index is -0.735. The second kappa shape index (κ2) is 35.0. The van der Waals surface area contributed by atoms with E-state index in [-0.39, 0.29) is 22.7 Å². The molecule has 3 atom stereocenters. The number of benzene rings is 1. The Kier molecular flexibility index (Phi) is 32.6. The van der Waals surface area contributed by atoms with Gasteiger partial charge in [0.2, 0.25) is 5.91 Å². The van der Waals surface area contributed by atoms with Crippen LogP contribution in [0.25, 0.3) is 0 Å². The molecule has 0 spiro atoms. The fourth-order valence-electron chi connectivity index (χ4n) is 9.54. The van der Waals surface area contributed by atoms with E-state index >= 15 is 0 Å². The first-order valence-electron chi connectivity index (χ1n) is 26.7. The molecule has 5 nitrogen and oxygen atoms in total. The number of aromatic hydroxyl groups is 1. The van der Waals surface area contributed by atoms with Gasteiger partial charge in [0.25, 0.3) is 0 Å². The Morgan fingerprint density at radius 1 is 0.532 bits per heavy atom. The first-order valence-corrected chi connectivity index (χ1v) is 26.7. The van der Waals surface area contributed by atoms with E-state index in [4.69, 9.17) is 5.73 Å². The average Bonchev–Trinajstić information content (AvgIpc) is 3.20. The summed E-state index contributed by atoms with van der Waals surface area (Å²) in [6.45, 7) is 17.1. The summed E-state index contributed by atoms with van der Waals surface area (Å²) in [6.07, 6.45) is 45.7. The van der Waals surface area contributed by atoms with Crippen LogP contribution in [0.3, 0.4) is 0 Å². The largest absolute Gasteiger partial charge is 0.507 e. The molecule has 360 valence electrons. The van der Waals surface area contributed by atoms with Gasteiger partial charge in [-0.05, 0) is 91.2 Å². The summed E-state index contributed by atoms with van der Waals surface area (Å²) in [5.74, 6) is -0.557. The molecule has 4 N–H and O–H groups in total. The van der Waals surface area contributed by atoms with Crippen LogP contribution in [0.1, 0.15) is 284 Å². The SMILES string of the molecule is CCCCCCCCC=CCCCCCCCCCCC(C(N)=O)C(CCCCCCCCCC)CCCCCCCC(Cc1cc(C(C)(C)C)c(O)c(C(C)(C)C)c1)C(=O)O. The molecule has 0 aliphatic rings. The summed E-state index contributed by atoms with van der Waals surface area (Å²) >= 11 is 0. The number of phenolic OH excluding ortho intramolecular Hbond substituents is 1. The molecule has 1 amide bonds. The van der Waals surface area contributed by atoms with Crippen molar-refractivity contribution in [3.8, 4) is 5.75 Å². The molecule has 0 heterocycles. The van der Waals surface area contributed by atoms with Crippen LogP contribution in [0.4, 0.5) is 0 Å². The van der Waals surface area contributed by atoms with E-state index in [9.17, 15) is 19.8 Å². The predicted molar refractivity (Wildman–Crippen MR) is 269 cm³/mol. The number of aliphatic carboxylic acids is 1. The van der Waals surface area contributed by atoms with Crippen molar-refractivity contribution in [3.63, 3.8) is 0 Å². The molecule has 5 heteroatoms. The third kappa shape index (κ3) is 27.8. The maximum absolute atomic E-state index is 12.9. The lowest BCUT2D eigenvalue weighted by Gasteiger charge is -2.28. The maximum Gasteiger partial charge on any atom is 0.306 e. The molecule has 0 aromatic heterocycles. The number of primary amides is 1. The summed E-state index contributed by atoms with van der Waals surface area (Å²) in [5.41, 5.74) is 8.44. The summed E-state index contributed by atoms with van der Waals surface area (Å²) in [4.78, 5) is 25.4. The first kappa shape index (κ1) is 57.7. The summed E-state index contributed by atoms with van der Waals surface area (Å²) in [7, 11) is 0. The summed E-state index contributed by atoms with van der Waals surface area (Å²) in [6, 6.07) is 4.06. The fourth-order valence-corrected chi connectivity index (χ4v) is 9.54. The average molecular weight is 866 g/mol. The number of hydrogen-bond acceptors (Lipinski definition) is 3. The van der Waals surface area contributed by atoms with Crippen molar-refractivity contribution in [1.82, 2.24) is 0 Å². The van der Waals surface area contributed by atoms with Crippen LogP contribution in [-0.4, -0.2) is 22.1 Å². The Balaban J connectivity index is 2.56. The van der Waals surface area contributed by atoms with Crippen LogP contribution in [0.15, 0.2) is 24.3 Å². The van der Waals surface area contributed by atoms with Crippen LogP contribution in [0.5, 0.6) is 5.75 Å². The Labute approximate surface area is 385 Å². The number of phenols is 1. The van der Waals surface area contributed by atoms with Gasteiger partial charge in [0.15, 0.2) is 0 Å². The molecule has 1 aromatic rings. The molecule has 0 fully saturated rings. The zero-order chi connectivity index (χ0) is 46.1. The molecule has 1 aromatic carbocycles. The van der Waals surface area contributed by atoms with E-state index < -0.39 is 11.9 Å². The van der Waals surface area contributed by atoms with Gasteiger partial charge in [-0.2, -0.15) is 0 Å². The van der Waals surface area contributed by atoms with Crippen LogP contribution in [0, 0.1) is 17.8 Å². The van der Waals surface area contributed by atoms with Crippen LogP contribution in [0.2, 0.25) is 0 Å². The van der Waals surface area contributed by atoms with Gasteiger partial charge in [-0.3, -0.25) is 9.59 Å². The van der Waals surface area contributed by atoms with Crippen molar-refractivity contribution in [2.24, 2.45) is 23.5 Å². The Bertz CT molecular complexity index is 1270. The highest BCUT2D eigenvalue weighted by Crippen LogP contribution is 2.40. The van der Waals surface area contributed by atoms with E-state index in [0.29, 0.717) is 24.5 Å². The molecular formula is C57H103NO4. The standard InChI is InChI=1S/C57H103NO4/c1-9-11-13-15-17-19-20-21-22-23-24-25-26-27-28-30-35-39-43-50(54(58)60)48(40-36-32-29-18-16-14-12-10-2)41-37-33-31-34-38-42-49(55(61)62)44-47-45-51(56(3,4)5)53(59)52(46-47)57(6,7)8/h21-22,45-46,48-50,59H,9-20,23-44H2,1-8H3,(H2,58,60)(H,61,62). The molecule has 1 rings (SSSR count). The lowest BCUT2D eigenvalue weighted by molar-refractivity contribution is -0.142. The summed E-state index contributed by atoms with van der Waals surface area (Å²) in [5, 5.41) is 21.4. The third-order valence-corrected chi connectivity index (χ3v) is 13.6. The Morgan fingerprint density at radius 2 is 0.871 bits per heavy atom. The van der Waals surface area contributed by atoms with Gasteiger partial charge in [-0.1, -0.05) is 240 Å².